The molecule has 0 aliphatic heterocycles. The number of methoxy groups -OCH3 is 2. The van der Waals surface area contributed by atoms with Crippen LogP contribution in [0.15, 0.2) is 24.3 Å². The maximum absolute atomic E-state index is 11.2. The van der Waals surface area contributed by atoms with E-state index in [0.29, 0.717) is 5.75 Å². The molecule has 0 aromatic heterocycles. The number of carboxylic acid groups (broad SMARTS) is 1. The fraction of sp³-hybridized carbons (Fsp3) is 0.273. The van der Waals surface area contributed by atoms with Crippen LogP contribution in [0.3, 0.4) is 0 Å². The summed E-state index contributed by atoms with van der Waals surface area (Å²) in [6.07, 6.45) is -1.69. The lowest BCUT2D eigenvalue weighted by Gasteiger charge is -2.13. The Hall–Kier alpha value is -2.24. The lowest BCUT2D eigenvalue weighted by Crippen LogP contribution is -2.36. The van der Waals surface area contributed by atoms with Crippen molar-refractivity contribution in [1.82, 2.24) is 0 Å². The topological polar surface area (TPSA) is 82.1 Å². The van der Waals surface area contributed by atoms with E-state index in [1.54, 1.807) is 12.1 Å². The van der Waals surface area contributed by atoms with Crippen LogP contribution in [0.5, 0.6) is 11.5 Å². The number of carbonyl (C=O) groups excluding carboxylic acids is 1. The fourth-order valence-electron chi connectivity index (χ4n) is 1.12. The summed E-state index contributed by atoms with van der Waals surface area (Å²) in [5.41, 5.74) is 0. The van der Waals surface area contributed by atoms with Crippen molar-refractivity contribution in [2.45, 2.75) is 6.10 Å². The van der Waals surface area contributed by atoms with Crippen LogP contribution in [0.4, 0.5) is 0 Å². The van der Waals surface area contributed by atoms with Gasteiger partial charge in [0.1, 0.15) is 11.5 Å². The Morgan fingerprint density at radius 1 is 1.24 bits per heavy atom. The average Bonchev–Trinajstić information content (AvgIpc) is 2.35. The molecule has 0 spiro atoms. The zero-order valence-electron chi connectivity index (χ0n) is 9.38. The number of hydrogen-bond donors (Lipinski definition) is 1. The van der Waals surface area contributed by atoms with Crippen molar-refractivity contribution in [3.63, 3.8) is 0 Å². The highest BCUT2D eigenvalue weighted by Gasteiger charge is 2.29. The van der Waals surface area contributed by atoms with Crippen molar-refractivity contribution < 1.29 is 28.9 Å². The van der Waals surface area contributed by atoms with Gasteiger partial charge in [-0.25, -0.2) is 9.59 Å². The molecule has 1 N–H and O–H groups in total. The maximum Gasteiger partial charge on any atom is 0.359 e. The second-order valence-corrected chi connectivity index (χ2v) is 3.04. The quantitative estimate of drug-likeness (QED) is 0.602. The molecule has 1 rings (SSSR count). The molecule has 6 nitrogen and oxygen atoms in total. The first-order valence-electron chi connectivity index (χ1n) is 4.70. The van der Waals surface area contributed by atoms with Gasteiger partial charge < -0.3 is 19.3 Å². The Labute approximate surface area is 97.7 Å². The maximum atomic E-state index is 11.2. The first-order chi connectivity index (χ1) is 8.08. The Morgan fingerprint density at radius 3 is 2.41 bits per heavy atom. The highest BCUT2D eigenvalue weighted by Crippen LogP contribution is 2.20. The van der Waals surface area contributed by atoms with Gasteiger partial charge in [-0.2, -0.15) is 0 Å². The zero-order chi connectivity index (χ0) is 12.8. The van der Waals surface area contributed by atoms with E-state index in [9.17, 15) is 9.59 Å². The van der Waals surface area contributed by atoms with Gasteiger partial charge in [0.15, 0.2) is 0 Å². The van der Waals surface area contributed by atoms with Gasteiger partial charge in [0.05, 0.1) is 14.2 Å². The van der Waals surface area contributed by atoms with Gasteiger partial charge in [-0.15, -0.1) is 0 Å². The molecular weight excluding hydrogens is 228 g/mol. The van der Waals surface area contributed by atoms with Gasteiger partial charge in [-0.1, -0.05) is 6.07 Å². The molecule has 6 heteroatoms. The molecule has 92 valence electrons. The Balaban J connectivity index is 2.85. The first kappa shape index (κ1) is 12.8. The van der Waals surface area contributed by atoms with Gasteiger partial charge in [0.25, 0.3) is 6.10 Å². The molecule has 1 aromatic carbocycles. The molecule has 0 saturated heterocycles. The number of benzene rings is 1. The smallest absolute Gasteiger partial charge is 0.359 e. The van der Waals surface area contributed by atoms with Crippen LogP contribution in [0.2, 0.25) is 0 Å². The molecule has 1 atom stereocenters. The minimum absolute atomic E-state index is 0.210. The third-order valence-electron chi connectivity index (χ3n) is 1.93. The Morgan fingerprint density at radius 2 is 1.88 bits per heavy atom. The molecule has 0 saturated carbocycles. The minimum Gasteiger partial charge on any atom is -0.497 e. The van der Waals surface area contributed by atoms with Crippen molar-refractivity contribution in [3.8, 4) is 11.5 Å². The van der Waals surface area contributed by atoms with Crippen molar-refractivity contribution in [3.05, 3.63) is 24.3 Å². The van der Waals surface area contributed by atoms with Gasteiger partial charge in [-0.3, -0.25) is 0 Å². The number of carbonyl (C=O) groups is 2. The molecule has 1 aromatic rings. The summed E-state index contributed by atoms with van der Waals surface area (Å²) >= 11 is 0. The molecule has 0 heterocycles. The fourth-order valence-corrected chi connectivity index (χ4v) is 1.12. The molecular formula is C11H12O6. The number of carboxylic acids is 1. The largest absolute Gasteiger partial charge is 0.497 e. The van der Waals surface area contributed by atoms with Crippen LogP contribution < -0.4 is 9.47 Å². The number of hydrogen-bond acceptors (Lipinski definition) is 5. The SMILES string of the molecule is COC(=O)C(Oc1cccc(OC)c1)C(=O)O. The highest BCUT2D eigenvalue weighted by atomic mass is 16.6. The number of esters is 1. The van der Waals surface area contributed by atoms with E-state index in [-0.39, 0.29) is 5.75 Å². The average molecular weight is 240 g/mol. The van der Waals surface area contributed by atoms with Crippen LogP contribution >= 0.6 is 0 Å². The lowest BCUT2D eigenvalue weighted by molar-refractivity contribution is -0.161. The summed E-state index contributed by atoms with van der Waals surface area (Å²) < 4.78 is 14.3. The van der Waals surface area contributed by atoms with Gasteiger partial charge in [-0.05, 0) is 12.1 Å². The molecule has 0 radical (unpaired) electrons. The minimum atomic E-state index is -1.69. The van der Waals surface area contributed by atoms with E-state index in [2.05, 4.69) is 4.74 Å². The molecule has 0 aliphatic rings. The van der Waals surface area contributed by atoms with E-state index in [1.165, 1.54) is 19.2 Å². The normalized spacial score (nSPS) is 11.4. The van der Waals surface area contributed by atoms with Crippen molar-refractivity contribution >= 4 is 11.9 Å². The van der Waals surface area contributed by atoms with Crippen molar-refractivity contribution in [2.75, 3.05) is 14.2 Å². The van der Waals surface area contributed by atoms with Gasteiger partial charge in [0, 0.05) is 6.07 Å². The Kier molecular flexibility index (Phi) is 4.33. The molecule has 0 bridgehead atoms. The van der Waals surface area contributed by atoms with E-state index in [4.69, 9.17) is 14.6 Å². The third kappa shape index (κ3) is 3.37. The molecule has 0 aliphatic carbocycles. The van der Waals surface area contributed by atoms with Gasteiger partial charge in [0.2, 0.25) is 0 Å². The van der Waals surface area contributed by atoms with E-state index in [0.717, 1.165) is 7.11 Å². The van der Waals surface area contributed by atoms with Crippen LogP contribution in [-0.4, -0.2) is 37.4 Å². The summed E-state index contributed by atoms with van der Waals surface area (Å²) in [4.78, 5) is 22.0. The van der Waals surface area contributed by atoms with Crippen molar-refractivity contribution in [2.24, 2.45) is 0 Å². The van der Waals surface area contributed by atoms with Crippen LogP contribution in [0.1, 0.15) is 0 Å². The Bertz CT molecular complexity index is 414. The van der Waals surface area contributed by atoms with Gasteiger partial charge >= 0.3 is 11.9 Å². The zero-order valence-corrected chi connectivity index (χ0v) is 9.38. The molecule has 17 heavy (non-hydrogen) atoms. The first-order valence-corrected chi connectivity index (χ1v) is 4.70. The number of rotatable bonds is 5. The predicted octanol–water partition coefficient (Wildman–Crippen LogP) is 0.700. The van der Waals surface area contributed by atoms with E-state index < -0.39 is 18.0 Å². The predicted molar refractivity (Wildman–Crippen MR) is 57.1 cm³/mol. The third-order valence-corrected chi connectivity index (χ3v) is 1.93. The standard InChI is InChI=1S/C11H12O6/c1-15-7-4-3-5-8(6-7)17-9(10(12)13)11(14)16-2/h3-6,9H,1-2H3,(H,12,13). The van der Waals surface area contributed by atoms with Crippen LogP contribution in [0.25, 0.3) is 0 Å². The van der Waals surface area contributed by atoms with Crippen molar-refractivity contribution in [1.29, 1.82) is 0 Å². The molecule has 1 unspecified atom stereocenters. The molecule has 0 fully saturated rings. The summed E-state index contributed by atoms with van der Waals surface area (Å²) in [7, 11) is 2.56. The summed E-state index contributed by atoms with van der Waals surface area (Å²) in [5, 5.41) is 8.81. The monoisotopic (exact) mass is 240 g/mol. The van der Waals surface area contributed by atoms with E-state index >= 15 is 0 Å². The summed E-state index contributed by atoms with van der Waals surface area (Å²) in [6.45, 7) is 0. The summed E-state index contributed by atoms with van der Waals surface area (Å²) in [5.74, 6) is -1.68. The second-order valence-electron chi connectivity index (χ2n) is 3.04. The number of aliphatic carboxylic acids is 1. The highest BCUT2D eigenvalue weighted by molar-refractivity contribution is 5.97. The van der Waals surface area contributed by atoms with Crippen LogP contribution in [-0.2, 0) is 14.3 Å². The molecule has 0 amide bonds. The second kappa shape index (κ2) is 5.74. The number of ether oxygens (including phenoxy) is 3. The van der Waals surface area contributed by atoms with E-state index in [1.807, 2.05) is 0 Å². The van der Waals surface area contributed by atoms with Crippen LogP contribution in [0, 0.1) is 0 Å². The lowest BCUT2D eigenvalue weighted by atomic mass is 10.3. The summed E-state index contributed by atoms with van der Waals surface area (Å²) in [6, 6.07) is 6.27.